The van der Waals surface area contributed by atoms with E-state index in [-0.39, 0.29) is 0 Å². The highest BCUT2D eigenvalue weighted by atomic mass is 14.8. The maximum atomic E-state index is 5.56. The Morgan fingerprint density at radius 3 is 2.31 bits per heavy atom. The molecule has 0 amide bonds. The van der Waals surface area contributed by atoms with Gasteiger partial charge in [-0.25, -0.2) is 0 Å². The van der Waals surface area contributed by atoms with Gasteiger partial charge in [0, 0.05) is 18.1 Å². The van der Waals surface area contributed by atoms with Crippen molar-refractivity contribution in [1.29, 1.82) is 0 Å². The molecule has 0 fully saturated rings. The van der Waals surface area contributed by atoms with E-state index in [1.165, 1.54) is 0 Å². The Bertz CT molecular complexity index is 385. The summed E-state index contributed by atoms with van der Waals surface area (Å²) in [5.74, 6) is 0. The summed E-state index contributed by atoms with van der Waals surface area (Å²) in [6, 6.07) is 5.48. The first-order chi connectivity index (χ1) is 6.36. The number of rotatable bonds is 0. The number of aromatic nitrogens is 2. The number of nitrogens with zero attached hydrogens (tertiary/aromatic N) is 2. The molecular weight excluding hydrogens is 162 g/mol. The average molecular weight is 175 g/mol. The van der Waals surface area contributed by atoms with E-state index < -0.39 is 0 Å². The lowest BCUT2D eigenvalue weighted by Gasteiger charge is -1.95. The van der Waals surface area contributed by atoms with Crippen LogP contribution in [0.25, 0.3) is 11.0 Å². The number of benzene rings is 1. The predicted octanol–water partition coefficient (Wildman–Crippen LogP) is 2.24. The first-order valence-corrected chi connectivity index (χ1v) is 4.32. The molecule has 2 N–H and O–H groups in total. The molecule has 2 aromatic rings. The van der Waals surface area contributed by atoms with E-state index in [0.717, 1.165) is 16.7 Å². The van der Waals surface area contributed by atoms with Gasteiger partial charge in [0.05, 0.1) is 11.0 Å². The van der Waals surface area contributed by atoms with E-state index in [4.69, 9.17) is 5.73 Å². The van der Waals surface area contributed by atoms with Crippen LogP contribution in [0.5, 0.6) is 0 Å². The second-order valence-corrected chi connectivity index (χ2v) is 2.30. The largest absolute Gasteiger partial charge is 0.399 e. The van der Waals surface area contributed by atoms with Gasteiger partial charge in [-0.2, -0.15) is 0 Å². The minimum absolute atomic E-state index is 0.720. The van der Waals surface area contributed by atoms with Crippen molar-refractivity contribution in [2.45, 2.75) is 13.8 Å². The summed E-state index contributed by atoms with van der Waals surface area (Å²) in [7, 11) is 0. The van der Waals surface area contributed by atoms with Gasteiger partial charge in [-0.3, -0.25) is 9.97 Å². The van der Waals surface area contributed by atoms with Crippen molar-refractivity contribution in [3.05, 3.63) is 30.6 Å². The SMILES string of the molecule is CC.Nc1ccc2nccnc2c1. The second-order valence-electron chi connectivity index (χ2n) is 2.30. The Morgan fingerprint density at radius 2 is 1.62 bits per heavy atom. The van der Waals surface area contributed by atoms with Crippen LogP contribution in [0.4, 0.5) is 5.69 Å². The highest BCUT2D eigenvalue weighted by Crippen LogP contribution is 2.11. The molecule has 0 spiro atoms. The molecule has 2 rings (SSSR count). The molecule has 0 saturated heterocycles. The highest BCUT2D eigenvalue weighted by Gasteiger charge is 1.92. The highest BCUT2D eigenvalue weighted by molar-refractivity contribution is 5.77. The van der Waals surface area contributed by atoms with E-state index in [9.17, 15) is 0 Å². The third-order valence-electron chi connectivity index (χ3n) is 1.49. The number of hydrogen-bond acceptors (Lipinski definition) is 3. The summed E-state index contributed by atoms with van der Waals surface area (Å²) in [6.07, 6.45) is 3.32. The van der Waals surface area contributed by atoms with Gasteiger partial charge >= 0.3 is 0 Å². The molecule has 0 bridgehead atoms. The van der Waals surface area contributed by atoms with Gasteiger partial charge in [-0.05, 0) is 18.2 Å². The molecule has 0 aliphatic rings. The fraction of sp³-hybridized carbons (Fsp3) is 0.200. The summed E-state index contributed by atoms with van der Waals surface area (Å²) in [5.41, 5.74) is 7.99. The van der Waals surface area contributed by atoms with Crippen LogP contribution in [-0.4, -0.2) is 9.97 Å². The number of fused-ring (bicyclic) bond motifs is 1. The van der Waals surface area contributed by atoms with Crippen LogP contribution in [0.2, 0.25) is 0 Å². The quantitative estimate of drug-likeness (QED) is 0.625. The van der Waals surface area contributed by atoms with E-state index >= 15 is 0 Å². The zero-order chi connectivity index (χ0) is 9.68. The lowest BCUT2D eigenvalue weighted by molar-refractivity contribution is 1.29. The lowest BCUT2D eigenvalue weighted by Crippen LogP contribution is -1.86. The summed E-state index contributed by atoms with van der Waals surface area (Å²) in [6.45, 7) is 4.00. The molecule has 68 valence electrons. The average Bonchev–Trinajstić information content (AvgIpc) is 2.21. The van der Waals surface area contributed by atoms with Gasteiger partial charge in [-0.1, -0.05) is 13.8 Å². The van der Waals surface area contributed by atoms with Gasteiger partial charge < -0.3 is 5.73 Å². The van der Waals surface area contributed by atoms with Gasteiger partial charge in [0.25, 0.3) is 0 Å². The monoisotopic (exact) mass is 175 g/mol. The minimum atomic E-state index is 0.720. The van der Waals surface area contributed by atoms with Crippen LogP contribution < -0.4 is 5.73 Å². The van der Waals surface area contributed by atoms with Gasteiger partial charge in [0.2, 0.25) is 0 Å². The van der Waals surface area contributed by atoms with Crippen molar-refractivity contribution < 1.29 is 0 Å². The summed E-state index contributed by atoms with van der Waals surface area (Å²) in [4.78, 5) is 8.20. The van der Waals surface area contributed by atoms with Crippen molar-refractivity contribution in [3.8, 4) is 0 Å². The Balaban J connectivity index is 0.000000396. The summed E-state index contributed by atoms with van der Waals surface area (Å²) < 4.78 is 0. The number of nitrogen functional groups attached to an aromatic ring is 1. The third kappa shape index (κ3) is 2.15. The van der Waals surface area contributed by atoms with Gasteiger partial charge in [0.15, 0.2) is 0 Å². The van der Waals surface area contributed by atoms with Crippen LogP contribution in [-0.2, 0) is 0 Å². The number of nitrogens with two attached hydrogens (primary N) is 1. The lowest BCUT2D eigenvalue weighted by atomic mass is 10.3. The Labute approximate surface area is 77.6 Å². The second kappa shape index (κ2) is 4.40. The molecule has 0 aliphatic carbocycles. The first kappa shape index (κ1) is 9.45. The zero-order valence-electron chi connectivity index (χ0n) is 7.86. The maximum absolute atomic E-state index is 5.56. The molecule has 1 aromatic heterocycles. The standard InChI is InChI=1S/C8H7N3.C2H6/c9-6-1-2-7-8(5-6)11-4-3-10-7;1-2/h1-5H,9H2;1-2H3. The topological polar surface area (TPSA) is 51.8 Å². The van der Waals surface area contributed by atoms with Crippen molar-refractivity contribution in [3.63, 3.8) is 0 Å². The normalized spacial score (nSPS) is 9.08. The Kier molecular flexibility index (Phi) is 3.20. The summed E-state index contributed by atoms with van der Waals surface area (Å²) in [5, 5.41) is 0. The molecule has 13 heavy (non-hydrogen) atoms. The van der Waals surface area contributed by atoms with Crippen LogP contribution in [0.1, 0.15) is 13.8 Å². The molecule has 0 saturated carbocycles. The first-order valence-electron chi connectivity index (χ1n) is 4.32. The van der Waals surface area contributed by atoms with Crippen LogP contribution >= 0.6 is 0 Å². The molecule has 0 unspecified atom stereocenters. The maximum Gasteiger partial charge on any atom is 0.0907 e. The molecule has 0 atom stereocenters. The van der Waals surface area contributed by atoms with Crippen molar-refractivity contribution in [1.82, 2.24) is 9.97 Å². The molecule has 3 heteroatoms. The van der Waals surface area contributed by atoms with E-state index in [2.05, 4.69) is 9.97 Å². The van der Waals surface area contributed by atoms with E-state index in [1.807, 2.05) is 32.0 Å². The van der Waals surface area contributed by atoms with Crippen molar-refractivity contribution >= 4 is 16.7 Å². The van der Waals surface area contributed by atoms with Crippen LogP contribution in [0.3, 0.4) is 0 Å². The Hall–Kier alpha value is -1.64. The van der Waals surface area contributed by atoms with E-state index in [0.29, 0.717) is 0 Å². The number of anilines is 1. The van der Waals surface area contributed by atoms with Gasteiger partial charge in [-0.15, -0.1) is 0 Å². The van der Waals surface area contributed by atoms with E-state index in [1.54, 1.807) is 12.4 Å². The fourth-order valence-electron chi connectivity index (χ4n) is 0.980. The molecule has 1 heterocycles. The van der Waals surface area contributed by atoms with Crippen molar-refractivity contribution in [2.24, 2.45) is 0 Å². The number of hydrogen-bond donors (Lipinski definition) is 1. The molecule has 3 nitrogen and oxygen atoms in total. The molecular formula is C10H13N3. The third-order valence-corrected chi connectivity index (χ3v) is 1.49. The molecule has 0 radical (unpaired) electrons. The Morgan fingerprint density at radius 1 is 1.00 bits per heavy atom. The zero-order valence-corrected chi connectivity index (χ0v) is 7.86. The predicted molar refractivity (Wildman–Crippen MR) is 55.3 cm³/mol. The van der Waals surface area contributed by atoms with Crippen LogP contribution in [0, 0.1) is 0 Å². The van der Waals surface area contributed by atoms with Crippen molar-refractivity contribution in [2.75, 3.05) is 5.73 Å². The molecule has 0 aliphatic heterocycles. The molecule has 1 aromatic carbocycles. The van der Waals surface area contributed by atoms with Crippen LogP contribution in [0.15, 0.2) is 30.6 Å². The summed E-state index contributed by atoms with van der Waals surface area (Å²) >= 11 is 0. The minimum Gasteiger partial charge on any atom is -0.399 e. The fourth-order valence-corrected chi connectivity index (χ4v) is 0.980. The van der Waals surface area contributed by atoms with Gasteiger partial charge in [0.1, 0.15) is 0 Å². The smallest absolute Gasteiger partial charge is 0.0907 e.